The molecule has 2 fully saturated rings. The minimum atomic E-state index is -0.857. The van der Waals surface area contributed by atoms with Crippen molar-refractivity contribution in [3.8, 4) is 0 Å². The Bertz CT molecular complexity index is 543. The van der Waals surface area contributed by atoms with Crippen molar-refractivity contribution in [1.82, 2.24) is 15.1 Å². The molecular formula is C19H33N3O5. The fourth-order valence-corrected chi connectivity index (χ4v) is 3.91. The van der Waals surface area contributed by atoms with Gasteiger partial charge >= 0.3 is 6.09 Å². The number of nitrogens with zero attached hydrogens (tertiary/aromatic N) is 2. The van der Waals surface area contributed by atoms with E-state index < -0.39 is 17.7 Å². The molecule has 1 spiro atoms. The van der Waals surface area contributed by atoms with E-state index in [0.717, 1.165) is 6.42 Å². The Morgan fingerprint density at radius 1 is 1.26 bits per heavy atom. The predicted molar refractivity (Wildman–Crippen MR) is 100 cm³/mol. The van der Waals surface area contributed by atoms with Gasteiger partial charge in [-0.15, -0.1) is 0 Å². The summed E-state index contributed by atoms with van der Waals surface area (Å²) in [7, 11) is 1.55. The number of amides is 3. The van der Waals surface area contributed by atoms with Gasteiger partial charge in [0.2, 0.25) is 11.8 Å². The molecular weight excluding hydrogens is 350 g/mol. The quantitative estimate of drug-likeness (QED) is 0.671. The second-order valence-corrected chi connectivity index (χ2v) is 7.77. The van der Waals surface area contributed by atoms with Gasteiger partial charge in [0.1, 0.15) is 18.2 Å². The molecule has 2 saturated heterocycles. The fourth-order valence-electron chi connectivity index (χ4n) is 3.91. The third-order valence-corrected chi connectivity index (χ3v) is 5.32. The zero-order valence-corrected chi connectivity index (χ0v) is 17.0. The predicted octanol–water partition coefficient (Wildman–Crippen LogP) is 1.39. The third kappa shape index (κ3) is 4.72. The van der Waals surface area contributed by atoms with Gasteiger partial charge in [0, 0.05) is 26.7 Å². The van der Waals surface area contributed by atoms with Crippen molar-refractivity contribution in [1.29, 1.82) is 0 Å². The van der Waals surface area contributed by atoms with Crippen LogP contribution in [0.2, 0.25) is 0 Å². The minimum Gasteiger partial charge on any atom is -0.447 e. The van der Waals surface area contributed by atoms with E-state index in [2.05, 4.69) is 5.32 Å². The molecule has 0 radical (unpaired) electrons. The van der Waals surface area contributed by atoms with Gasteiger partial charge in [-0.3, -0.25) is 9.59 Å². The molecule has 1 atom stereocenters. The molecule has 0 bridgehead atoms. The molecule has 1 unspecified atom stereocenters. The van der Waals surface area contributed by atoms with E-state index in [9.17, 15) is 14.4 Å². The molecule has 8 nitrogen and oxygen atoms in total. The molecule has 0 aliphatic carbocycles. The highest BCUT2D eigenvalue weighted by Crippen LogP contribution is 2.34. The largest absolute Gasteiger partial charge is 0.447 e. The summed E-state index contributed by atoms with van der Waals surface area (Å²) in [5, 5.41) is 2.95. The fraction of sp³-hybridized carbons (Fsp3) is 0.842. The Balaban J connectivity index is 2.08. The van der Waals surface area contributed by atoms with Crippen molar-refractivity contribution < 1.29 is 23.9 Å². The molecule has 154 valence electrons. The van der Waals surface area contributed by atoms with Gasteiger partial charge in [-0.25, -0.2) is 4.79 Å². The maximum absolute atomic E-state index is 13.1. The zero-order chi connectivity index (χ0) is 20.0. The second-order valence-electron chi connectivity index (χ2n) is 7.77. The standard InChI is InChI=1S/C19H33N3O5/c1-5-8-22-16(23)15(13-14(2)3)20-17(24)19(22)6-9-21(10-7-19)18(25)27-12-11-26-4/h14-15H,5-13H2,1-4H3,(H,20,24). The van der Waals surface area contributed by atoms with Gasteiger partial charge in [-0.05, 0) is 31.6 Å². The van der Waals surface area contributed by atoms with Crippen LogP contribution < -0.4 is 5.32 Å². The third-order valence-electron chi connectivity index (χ3n) is 5.32. The first-order valence-corrected chi connectivity index (χ1v) is 9.88. The van der Waals surface area contributed by atoms with Gasteiger partial charge in [0.05, 0.1) is 6.61 Å². The molecule has 27 heavy (non-hydrogen) atoms. The Hall–Kier alpha value is -1.83. The van der Waals surface area contributed by atoms with Gasteiger partial charge < -0.3 is 24.6 Å². The van der Waals surface area contributed by atoms with Crippen LogP contribution in [-0.4, -0.2) is 79.2 Å². The number of carbonyl (C=O) groups excluding carboxylic acids is 3. The van der Waals surface area contributed by atoms with Crippen LogP contribution in [0.3, 0.4) is 0 Å². The number of likely N-dealkylation sites (tertiary alicyclic amines) is 1. The number of piperidine rings is 1. The van der Waals surface area contributed by atoms with E-state index >= 15 is 0 Å². The van der Waals surface area contributed by atoms with E-state index in [0.29, 0.717) is 51.4 Å². The molecule has 0 aromatic heterocycles. The lowest BCUT2D eigenvalue weighted by molar-refractivity contribution is -0.161. The topological polar surface area (TPSA) is 88.2 Å². The Labute approximate surface area is 161 Å². The zero-order valence-electron chi connectivity index (χ0n) is 17.0. The van der Waals surface area contributed by atoms with Crippen LogP contribution >= 0.6 is 0 Å². The lowest BCUT2D eigenvalue weighted by Crippen LogP contribution is -2.73. The van der Waals surface area contributed by atoms with Crippen LogP contribution in [0, 0.1) is 5.92 Å². The normalized spacial score (nSPS) is 22.3. The number of hydrogen-bond acceptors (Lipinski definition) is 5. The van der Waals surface area contributed by atoms with Crippen LogP contribution in [0.25, 0.3) is 0 Å². The summed E-state index contributed by atoms with van der Waals surface area (Å²) >= 11 is 0. The molecule has 0 aromatic carbocycles. The average molecular weight is 383 g/mol. The molecule has 2 heterocycles. The first kappa shape index (κ1) is 21.5. The Kier molecular flexibility index (Phi) is 7.47. The highest BCUT2D eigenvalue weighted by atomic mass is 16.6. The van der Waals surface area contributed by atoms with E-state index in [1.165, 1.54) is 0 Å². The van der Waals surface area contributed by atoms with Crippen molar-refractivity contribution in [2.75, 3.05) is 40.0 Å². The lowest BCUT2D eigenvalue weighted by Gasteiger charge is -2.51. The SMILES string of the molecule is CCCN1C(=O)C(CC(C)C)NC(=O)C12CCN(C(=O)OCCOC)CC2. The van der Waals surface area contributed by atoms with Crippen molar-refractivity contribution in [3.05, 3.63) is 0 Å². The molecule has 8 heteroatoms. The summed E-state index contributed by atoms with van der Waals surface area (Å²) in [6.07, 6.45) is 1.89. The summed E-state index contributed by atoms with van der Waals surface area (Å²) in [5.41, 5.74) is -0.857. The maximum Gasteiger partial charge on any atom is 0.409 e. The highest BCUT2D eigenvalue weighted by molar-refractivity contribution is 6.00. The summed E-state index contributed by atoms with van der Waals surface area (Å²) in [4.78, 5) is 41.6. The molecule has 2 rings (SSSR count). The van der Waals surface area contributed by atoms with Crippen LogP contribution in [0.5, 0.6) is 0 Å². The summed E-state index contributed by atoms with van der Waals surface area (Å²) in [6, 6.07) is -0.452. The van der Waals surface area contributed by atoms with Gasteiger partial charge in [0.25, 0.3) is 0 Å². The average Bonchev–Trinajstić information content (AvgIpc) is 2.63. The molecule has 1 N–H and O–H groups in total. The maximum atomic E-state index is 13.1. The summed E-state index contributed by atoms with van der Waals surface area (Å²) in [5.74, 6) is 0.232. The number of rotatable bonds is 7. The molecule has 2 aliphatic rings. The first-order valence-electron chi connectivity index (χ1n) is 9.88. The molecule has 2 aliphatic heterocycles. The van der Waals surface area contributed by atoms with E-state index in [1.807, 2.05) is 20.8 Å². The molecule has 3 amide bonds. The molecule has 0 saturated carbocycles. The van der Waals surface area contributed by atoms with Crippen molar-refractivity contribution >= 4 is 17.9 Å². The van der Waals surface area contributed by atoms with Gasteiger partial charge in [-0.2, -0.15) is 0 Å². The first-order chi connectivity index (χ1) is 12.9. The van der Waals surface area contributed by atoms with Gasteiger partial charge in [-0.1, -0.05) is 20.8 Å². The number of hydrogen-bond donors (Lipinski definition) is 1. The van der Waals surface area contributed by atoms with Crippen LogP contribution in [0.4, 0.5) is 4.79 Å². The van der Waals surface area contributed by atoms with Crippen LogP contribution in [0.15, 0.2) is 0 Å². The van der Waals surface area contributed by atoms with E-state index in [4.69, 9.17) is 9.47 Å². The minimum absolute atomic E-state index is 0.00118. The number of carbonyl (C=O) groups is 3. The van der Waals surface area contributed by atoms with Crippen molar-refractivity contribution in [3.63, 3.8) is 0 Å². The number of piperazine rings is 1. The van der Waals surface area contributed by atoms with E-state index in [1.54, 1.807) is 16.9 Å². The second kappa shape index (κ2) is 9.39. The monoisotopic (exact) mass is 383 g/mol. The highest BCUT2D eigenvalue weighted by Gasteiger charge is 2.53. The van der Waals surface area contributed by atoms with Gasteiger partial charge in [0.15, 0.2) is 0 Å². The number of nitrogens with one attached hydrogen (secondary N) is 1. The Morgan fingerprint density at radius 2 is 1.93 bits per heavy atom. The Morgan fingerprint density at radius 3 is 2.48 bits per heavy atom. The summed E-state index contributed by atoms with van der Waals surface area (Å²) in [6.45, 7) is 7.98. The smallest absolute Gasteiger partial charge is 0.409 e. The summed E-state index contributed by atoms with van der Waals surface area (Å²) < 4.78 is 10.0. The number of ether oxygens (including phenoxy) is 2. The van der Waals surface area contributed by atoms with E-state index in [-0.39, 0.29) is 18.4 Å². The van der Waals surface area contributed by atoms with Crippen LogP contribution in [-0.2, 0) is 19.1 Å². The van der Waals surface area contributed by atoms with Crippen LogP contribution in [0.1, 0.15) is 46.5 Å². The lowest BCUT2D eigenvalue weighted by atomic mass is 9.81. The van der Waals surface area contributed by atoms with Crippen molar-refractivity contribution in [2.24, 2.45) is 5.92 Å². The van der Waals surface area contributed by atoms with Crippen molar-refractivity contribution in [2.45, 2.75) is 58.0 Å². The molecule has 0 aromatic rings. The number of methoxy groups -OCH3 is 1.